The fraction of sp³-hybridized carbons (Fsp3) is 0.467. The molecule has 0 atom stereocenters. The third-order valence-corrected chi connectivity index (χ3v) is 2.83. The van der Waals surface area contributed by atoms with Crippen molar-refractivity contribution in [3.8, 4) is 0 Å². The lowest BCUT2D eigenvalue weighted by Gasteiger charge is -2.05. The van der Waals surface area contributed by atoms with Crippen LogP contribution in [-0.4, -0.2) is 25.5 Å². The molecule has 1 aromatic rings. The maximum atomic E-state index is 11.3. The van der Waals surface area contributed by atoms with E-state index in [2.05, 4.69) is 41.2 Å². The van der Waals surface area contributed by atoms with Crippen LogP contribution in [0.2, 0.25) is 0 Å². The van der Waals surface area contributed by atoms with Crippen LogP contribution in [0, 0.1) is 0 Å². The van der Waals surface area contributed by atoms with Crippen LogP contribution in [0.3, 0.4) is 0 Å². The van der Waals surface area contributed by atoms with E-state index in [1.54, 1.807) is 0 Å². The third-order valence-electron chi connectivity index (χ3n) is 2.83. The molecule has 0 radical (unpaired) electrons. The van der Waals surface area contributed by atoms with Crippen LogP contribution in [0.5, 0.6) is 0 Å². The van der Waals surface area contributed by atoms with Gasteiger partial charge in [0.1, 0.15) is 6.42 Å². The number of methoxy groups -OCH3 is 1. The molecule has 1 aromatic carbocycles. The number of rotatable bonds is 7. The van der Waals surface area contributed by atoms with E-state index in [-0.39, 0.29) is 12.3 Å². The van der Waals surface area contributed by atoms with Gasteiger partial charge in [0.25, 0.3) is 0 Å². The molecule has 0 unspecified atom stereocenters. The Balaban J connectivity index is 2.29. The molecule has 0 fully saturated rings. The number of aryl methyl sites for hydroxylation is 1. The molecule has 0 saturated heterocycles. The van der Waals surface area contributed by atoms with Crippen molar-refractivity contribution >= 4 is 11.9 Å². The largest absolute Gasteiger partial charge is 0.469 e. The highest BCUT2D eigenvalue weighted by Crippen LogP contribution is 2.06. The molecule has 0 saturated carbocycles. The molecule has 0 heterocycles. The smallest absolute Gasteiger partial charge is 0.315 e. The van der Waals surface area contributed by atoms with Crippen molar-refractivity contribution in [3.63, 3.8) is 0 Å². The third kappa shape index (κ3) is 6.04. The van der Waals surface area contributed by atoms with Gasteiger partial charge in [-0.2, -0.15) is 0 Å². The summed E-state index contributed by atoms with van der Waals surface area (Å²) in [5.41, 5.74) is 2.51. The molecule has 0 aromatic heterocycles. The molecular formula is C15H21NO3. The van der Waals surface area contributed by atoms with Gasteiger partial charge in [-0.3, -0.25) is 9.59 Å². The van der Waals surface area contributed by atoms with Gasteiger partial charge < -0.3 is 10.1 Å². The second-order valence-corrected chi connectivity index (χ2v) is 4.42. The Morgan fingerprint density at radius 3 is 2.21 bits per heavy atom. The summed E-state index contributed by atoms with van der Waals surface area (Å²) in [5.74, 6) is -0.809. The summed E-state index contributed by atoms with van der Waals surface area (Å²) < 4.78 is 4.42. The second kappa shape index (κ2) is 8.29. The zero-order valence-electron chi connectivity index (χ0n) is 11.6. The summed E-state index contributed by atoms with van der Waals surface area (Å²) in [7, 11) is 1.27. The normalized spacial score (nSPS) is 10.0. The quantitative estimate of drug-likeness (QED) is 0.603. The van der Waals surface area contributed by atoms with Gasteiger partial charge in [0.2, 0.25) is 5.91 Å². The maximum Gasteiger partial charge on any atom is 0.315 e. The number of amides is 1. The number of hydrogen-bond acceptors (Lipinski definition) is 3. The number of ether oxygens (including phenoxy) is 1. The molecule has 4 nitrogen and oxygen atoms in total. The molecule has 0 aliphatic heterocycles. The molecule has 104 valence electrons. The Kier molecular flexibility index (Phi) is 6.64. The highest BCUT2D eigenvalue weighted by Gasteiger charge is 2.08. The Morgan fingerprint density at radius 2 is 1.68 bits per heavy atom. The predicted octanol–water partition coefficient (Wildman–Crippen LogP) is 1.86. The lowest BCUT2D eigenvalue weighted by molar-refractivity contribution is -0.143. The minimum atomic E-state index is -0.513. The van der Waals surface area contributed by atoms with Crippen LogP contribution in [0.25, 0.3) is 0 Å². The number of carbonyl (C=O) groups excluding carboxylic acids is 2. The van der Waals surface area contributed by atoms with Crippen LogP contribution in [-0.2, 0) is 27.2 Å². The summed E-state index contributed by atoms with van der Waals surface area (Å²) >= 11 is 0. The number of hydrogen-bond donors (Lipinski definition) is 1. The second-order valence-electron chi connectivity index (χ2n) is 4.42. The first-order valence-electron chi connectivity index (χ1n) is 6.57. The van der Waals surface area contributed by atoms with Gasteiger partial charge in [0.15, 0.2) is 0 Å². The lowest BCUT2D eigenvalue weighted by Crippen LogP contribution is -2.28. The van der Waals surface area contributed by atoms with Gasteiger partial charge >= 0.3 is 5.97 Å². The Bertz CT molecular complexity index is 412. The van der Waals surface area contributed by atoms with Gasteiger partial charge in [-0.05, 0) is 24.0 Å². The molecule has 0 spiro atoms. The van der Waals surface area contributed by atoms with E-state index in [1.165, 1.54) is 18.2 Å². The van der Waals surface area contributed by atoms with Gasteiger partial charge in [-0.25, -0.2) is 0 Å². The van der Waals surface area contributed by atoms with Crippen LogP contribution in [0.1, 0.15) is 30.9 Å². The van der Waals surface area contributed by atoms with Gasteiger partial charge in [-0.15, -0.1) is 0 Å². The molecule has 19 heavy (non-hydrogen) atoms. The van der Waals surface area contributed by atoms with Crippen molar-refractivity contribution in [1.82, 2.24) is 5.32 Å². The maximum absolute atomic E-state index is 11.3. The van der Waals surface area contributed by atoms with Crippen molar-refractivity contribution in [1.29, 1.82) is 0 Å². The number of esters is 1. The average molecular weight is 263 g/mol. The Labute approximate surface area is 114 Å². The van der Waals surface area contributed by atoms with E-state index >= 15 is 0 Å². The topological polar surface area (TPSA) is 55.4 Å². The van der Waals surface area contributed by atoms with E-state index in [9.17, 15) is 9.59 Å². The highest BCUT2D eigenvalue weighted by molar-refractivity contribution is 5.94. The zero-order chi connectivity index (χ0) is 14.1. The zero-order valence-corrected chi connectivity index (χ0v) is 11.6. The van der Waals surface area contributed by atoms with Crippen LogP contribution in [0.4, 0.5) is 0 Å². The van der Waals surface area contributed by atoms with Crippen molar-refractivity contribution in [2.75, 3.05) is 13.7 Å². The van der Waals surface area contributed by atoms with Gasteiger partial charge in [0, 0.05) is 6.54 Å². The van der Waals surface area contributed by atoms with Crippen molar-refractivity contribution in [2.24, 2.45) is 0 Å². The molecule has 4 heteroatoms. The van der Waals surface area contributed by atoms with Gasteiger partial charge in [0.05, 0.1) is 7.11 Å². The van der Waals surface area contributed by atoms with E-state index < -0.39 is 5.97 Å². The standard InChI is InChI=1S/C15H21NO3/c1-3-4-12-5-7-13(8-6-12)9-10-16-14(17)11-15(18)19-2/h5-8H,3-4,9-11H2,1-2H3,(H,16,17). The fourth-order valence-electron chi connectivity index (χ4n) is 1.77. The summed E-state index contributed by atoms with van der Waals surface area (Å²) in [6.45, 7) is 2.69. The first-order chi connectivity index (χ1) is 9.15. The Hall–Kier alpha value is -1.84. The molecule has 1 N–H and O–H groups in total. The summed E-state index contributed by atoms with van der Waals surface area (Å²) in [6, 6.07) is 8.40. The SMILES string of the molecule is CCCc1ccc(CCNC(=O)CC(=O)OC)cc1. The molecule has 1 rings (SSSR count). The Morgan fingerprint density at radius 1 is 1.11 bits per heavy atom. The average Bonchev–Trinajstić information content (AvgIpc) is 2.41. The van der Waals surface area contributed by atoms with E-state index in [1.807, 2.05) is 0 Å². The van der Waals surface area contributed by atoms with E-state index in [0.717, 1.165) is 19.3 Å². The molecular weight excluding hydrogens is 242 g/mol. The molecule has 0 bridgehead atoms. The molecule has 0 aliphatic carbocycles. The predicted molar refractivity (Wildman–Crippen MR) is 73.8 cm³/mol. The molecule has 0 aliphatic rings. The van der Waals surface area contributed by atoms with E-state index in [4.69, 9.17) is 0 Å². The van der Waals surface area contributed by atoms with Crippen molar-refractivity contribution in [2.45, 2.75) is 32.6 Å². The molecule has 1 amide bonds. The lowest BCUT2D eigenvalue weighted by atomic mass is 10.1. The summed E-state index contributed by atoms with van der Waals surface area (Å²) in [4.78, 5) is 22.2. The van der Waals surface area contributed by atoms with Crippen LogP contribution in [0.15, 0.2) is 24.3 Å². The fourth-order valence-corrected chi connectivity index (χ4v) is 1.77. The van der Waals surface area contributed by atoms with Crippen molar-refractivity contribution < 1.29 is 14.3 Å². The van der Waals surface area contributed by atoms with Crippen LogP contribution < -0.4 is 5.32 Å². The minimum absolute atomic E-state index is 0.216. The number of carbonyl (C=O) groups is 2. The first kappa shape index (κ1) is 15.2. The minimum Gasteiger partial charge on any atom is -0.469 e. The highest BCUT2D eigenvalue weighted by atomic mass is 16.5. The van der Waals surface area contributed by atoms with Gasteiger partial charge in [-0.1, -0.05) is 37.6 Å². The number of nitrogens with one attached hydrogen (secondary N) is 1. The monoisotopic (exact) mass is 263 g/mol. The first-order valence-corrected chi connectivity index (χ1v) is 6.57. The number of benzene rings is 1. The summed E-state index contributed by atoms with van der Waals surface area (Å²) in [6.07, 6.45) is 2.78. The van der Waals surface area contributed by atoms with Crippen molar-refractivity contribution in [3.05, 3.63) is 35.4 Å². The van der Waals surface area contributed by atoms with E-state index in [0.29, 0.717) is 6.54 Å². The summed E-state index contributed by atoms with van der Waals surface area (Å²) in [5, 5.41) is 2.70. The van der Waals surface area contributed by atoms with Crippen LogP contribution >= 0.6 is 0 Å².